The highest BCUT2D eigenvalue weighted by atomic mass is 16.5. The summed E-state index contributed by atoms with van der Waals surface area (Å²) in [7, 11) is 0. The van der Waals surface area contributed by atoms with Crippen molar-refractivity contribution in [3.05, 3.63) is 12.4 Å². The van der Waals surface area contributed by atoms with Crippen LogP contribution in [0, 0.1) is 0 Å². The highest BCUT2D eigenvalue weighted by Gasteiger charge is 2.13. The van der Waals surface area contributed by atoms with E-state index in [-0.39, 0.29) is 5.89 Å². The molecule has 0 amide bonds. The first-order valence-corrected chi connectivity index (χ1v) is 4.33. The Bertz CT molecular complexity index is 593. The summed E-state index contributed by atoms with van der Waals surface area (Å²) in [5.74, 6) is 1.40. The van der Waals surface area contributed by atoms with Gasteiger partial charge in [-0.05, 0) is 0 Å². The van der Waals surface area contributed by atoms with E-state index in [1.807, 2.05) is 0 Å². The topological polar surface area (TPSA) is 135 Å². The molecule has 0 fully saturated rings. The number of hydrogen-bond acceptors (Lipinski definition) is 7. The predicted octanol–water partition coefficient (Wildman–Crippen LogP) is -0.173. The molecular weight excluding hydrogens is 212 g/mol. The van der Waals surface area contributed by atoms with Crippen LogP contribution < -0.4 is 5.73 Å². The zero-order chi connectivity index (χ0) is 11.0. The van der Waals surface area contributed by atoms with E-state index in [2.05, 4.69) is 35.5 Å². The maximum atomic E-state index is 5.46. The van der Waals surface area contributed by atoms with E-state index in [1.165, 1.54) is 6.33 Å². The van der Waals surface area contributed by atoms with Gasteiger partial charge in [-0.3, -0.25) is 10.2 Å². The van der Waals surface area contributed by atoms with Gasteiger partial charge in [0.1, 0.15) is 17.8 Å². The third kappa shape index (κ3) is 1.30. The number of nitrogen functional groups attached to an aromatic ring is 1. The molecule has 0 aliphatic heterocycles. The fourth-order valence-corrected chi connectivity index (χ4v) is 1.19. The Morgan fingerprint density at radius 3 is 2.94 bits per heavy atom. The van der Waals surface area contributed by atoms with Crippen molar-refractivity contribution in [2.24, 2.45) is 0 Å². The zero-order valence-corrected chi connectivity index (χ0v) is 7.88. The number of H-pyrrole nitrogens is 2. The Labute approximate surface area is 88.1 Å². The van der Waals surface area contributed by atoms with Crippen LogP contribution >= 0.6 is 0 Å². The molecule has 9 heteroatoms. The van der Waals surface area contributed by atoms with E-state index in [1.54, 1.807) is 6.07 Å². The minimum Gasteiger partial charge on any atom is -0.382 e. The highest BCUT2D eigenvalue weighted by Crippen LogP contribution is 2.18. The number of nitrogens with zero attached hydrogens (tertiary/aromatic N) is 5. The molecule has 0 spiro atoms. The smallest absolute Gasteiger partial charge is 0.276 e. The van der Waals surface area contributed by atoms with Gasteiger partial charge in [0.15, 0.2) is 5.82 Å². The van der Waals surface area contributed by atoms with E-state index in [0.29, 0.717) is 23.2 Å². The molecule has 0 aromatic carbocycles. The summed E-state index contributed by atoms with van der Waals surface area (Å²) in [6.45, 7) is 0. The molecule has 3 rings (SSSR count). The van der Waals surface area contributed by atoms with Gasteiger partial charge >= 0.3 is 0 Å². The molecule has 0 bridgehead atoms. The van der Waals surface area contributed by atoms with Gasteiger partial charge in [-0.1, -0.05) is 5.16 Å². The fourth-order valence-electron chi connectivity index (χ4n) is 1.19. The lowest BCUT2D eigenvalue weighted by atomic mass is 10.4. The van der Waals surface area contributed by atoms with Crippen molar-refractivity contribution in [2.45, 2.75) is 0 Å². The van der Waals surface area contributed by atoms with Crippen molar-refractivity contribution in [2.75, 3.05) is 5.73 Å². The van der Waals surface area contributed by atoms with Crippen molar-refractivity contribution in [3.63, 3.8) is 0 Å². The van der Waals surface area contributed by atoms with Crippen LogP contribution in [-0.4, -0.2) is 35.5 Å². The number of nitrogens with one attached hydrogen (secondary N) is 2. The van der Waals surface area contributed by atoms with Crippen molar-refractivity contribution in [1.29, 1.82) is 0 Å². The Morgan fingerprint density at radius 2 is 2.25 bits per heavy atom. The Morgan fingerprint density at radius 1 is 1.31 bits per heavy atom. The maximum Gasteiger partial charge on any atom is 0.276 e. The van der Waals surface area contributed by atoms with E-state index in [0.717, 1.165) is 0 Å². The van der Waals surface area contributed by atoms with Gasteiger partial charge in [-0.2, -0.15) is 15.2 Å². The van der Waals surface area contributed by atoms with Crippen molar-refractivity contribution in [1.82, 2.24) is 35.5 Å². The second kappa shape index (κ2) is 3.15. The number of hydrogen-bond donors (Lipinski definition) is 3. The molecule has 3 aromatic rings. The molecule has 0 atom stereocenters. The SMILES string of the molecule is Nc1cc(-c2nc(-c3ncn[nH]3)no2)[nH]n1. The van der Waals surface area contributed by atoms with E-state index >= 15 is 0 Å². The average molecular weight is 218 g/mol. The van der Waals surface area contributed by atoms with Crippen LogP contribution in [0.15, 0.2) is 16.9 Å². The lowest BCUT2D eigenvalue weighted by molar-refractivity contribution is 0.430. The third-order valence-corrected chi connectivity index (χ3v) is 1.88. The van der Waals surface area contributed by atoms with E-state index in [9.17, 15) is 0 Å². The molecule has 0 saturated carbocycles. The number of rotatable bonds is 2. The first-order chi connectivity index (χ1) is 7.83. The minimum atomic E-state index is 0.288. The van der Waals surface area contributed by atoms with Crippen LogP contribution in [0.2, 0.25) is 0 Å². The van der Waals surface area contributed by atoms with Gasteiger partial charge in [-0.25, -0.2) is 4.98 Å². The van der Waals surface area contributed by atoms with Crippen LogP contribution in [0.1, 0.15) is 0 Å². The van der Waals surface area contributed by atoms with Gasteiger partial charge in [-0.15, -0.1) is 0 Å². The summed E-state index contributed by atoms with van der Waals surface area (Å²) in [5.41, 5.74) is 6.01. The predicted molar refractivity (Wildman–Crippen MR) is 51.7 cm³/mol. The second-order valence-corrected chi connectivity index (χ2v) is 2.96. The van der Waals surface area contributed by atoms with Crippen molar-refractivity contribution >= 4 is 5.82 Å². The van der Waals surface area contributed by atoms with Crippen LogP contribution in [0.3, 0.4) is 0 Å². The molecule has 0 saturated heterocycles. The largest absolute Gasteiger partial charge is 0.382 e. The first kappa shape index (κ1) is 8.59. The molecule has 4 N–H and O–H groups in total. The van der Waals surface area contributed by atoms with E-state index in [4.69, 9.17) is 10.3 Å². The molecule has 0 unspecified atom stereocenters. The standard InChI is InChI=1S/C7H6N8O/c8-4-1-3(12-13-4)7-11-6(15-16-7)5-9-2-10-14-5/h1-2H,(H3,8,12,13)(H,9,10,14). The summed E-state index contributed by atoms with van der Waals surface area (Å²) in [4.78, 5) is 7.99. The number of aromatic nitrogens is 7. The Kier molecular flexibility index (Phi) is 1.69. The van der Waals surface area contributed by atoms with Crippen LogP contribution in [0.25, 0.3) is 23.2 Å². The lowest BCUT2D eigenvalue weighted by Crippen LogP contribution is -1.83. The minimum absolute atomic E-state index is 0.288. The molecule has 0 aliphatic rings. The summed E-state index contributed by atoms with van der Waals surface area (Å²) in [6.07, 6.45) is 1.36. The molecule has 16 heavy (non-hydrogen) atoms. The third-order valence-electron chi connectivity index (χ3n) is 1.88. The zero-order valence-electron chi connectivity index (χ0n) is 7.88. The Hall–Kier alpha value is -2.71. The van der Waals surface area contributed by atoms with Gasteiger partial charge in [0.25, 0.3) is 5.89 Å². The van der Waals surface area contributed by atoms with Gasteiger partial charge in [0.05, 0.1) is 0 Å². The molecule has 0 aliphatic carbocycles. The summed E-state index contributed by atoms with van der Waals surface area (Å²) < 4.78 is 5.01. The van der Waals surface area contributed by atoms with E-state index < -0.39 is 0 Å². The monoisotopic (exact) mass is 218 g/mol. The summed E-state index contributed by atoms with van der Waals surface area (Å²) in [5, 5.41) is 16.5. The molecule has 9 nitrogen and oxygen atoms in total. The maximum absolute atomic E-state index is 5.46. The Balaban J connectivity index is 2.00. The normalized spacial score (nSPS) is 10.8. The number of aromatic amines is 2. The summed E-state index contributed by atoms with van der Waals surface area (Å²) in [6, 6.07) is 1.59. The van der Waals surface area contributed by atoms with Crippen LogP contribution in [-0.2, 0) is 0 Å². The van der Waals surface area contributed by atoms with Gasteiger partial charge < -0.3 is 10.3 Å². The highest BCUT2D eigenvalue weighted by molar-refractivity contribution is 5.54. The molecular formula is C7H6N8O. The van der Waals surface area contributed by atoms with Crippen LogP contribution in [0.5, 0.6) is 0 Å². The second-order valence-electron chi connectivity index (χ2n) is 2.96. The van der Waals surface area contributed by atoms with Gasteiger partial charge in [0.2, 0.25) is 5.82 Å². The summed E-state index contributed by atoms with van der Waals surface area (Å²) >= 11 is 0. The molecule has 80 valence electrons. The lowest BCUT2D eigenvalue weighted by Gasteiger charge is -1.83. The molecule has 3 aromatic heterocycles. The fraction of sp³-hybridized carbons (Fsp3) is 0. The van der Waals surface area contributed by atoms with Crippen molar-refractivity contribution < 1.29 is 4.52 Å². The molecule has 0 radical (unpaired) electrons. The van der Waals surface area contributed by atoms with Crippen LogP contribution in [0.4, 0.5) is 5.82 Å². The first-order valence-electron chi connectivity index (χ1n) is 4.33. The number of nitrogens with two attached hydrogens (primary N) is 1. The average Bonchev–Trinajstić information content (AvgIpc) is 2.97. The number of anilines is 1. The van der Waals surface area contributed by atoms with Gasteiger partial charge in [0, 0.05) is 6.07 Å². The molecule has 3 heterocycles. The van der Waals surface area contributed by atoms with Crippen molar-refractivity contribution in [3.8, 4) is 23.2 Å². The quantitative estimate of drug-likeness (QED) is 0.543.